The molecule has 4 heteroatoms. The summed E-state index contributed by atoms with van der Waals surface area (Å²) in [5, 5.41) is 8.83. The number of carbonyl (C=O) groups is 1. The van der Waals surface area contributed by atoms with Crippen LogP contribution in [-0.2, 0) is 0 Å². The van der Waals surface area contributed by atoms with E-state index in [0.29, 0.717) is 12.4 Å². The highest BCUT2D eigenvalue weighted by Crippen LogP contribution is 2.20. The average Bonchev–Trinajstić information content (AvgIpc) is 2.33. The lowest BCUT2D eigenvalue weighted by molar-refractivity contribution is 0.0698. The van der Waals surface area contributed by atoms with Gasteiger partial charge in [0.15, 0.2) is 0 Å². The van der Waals surface area contributed by atoms with E-state index < -0.39 is 5.97 Å². The predicted molar refractivity (Wildman–Crippen MR) is 72.1 cm³/mol. The summed E-state index contributed by atoms with van der Waals surface area (Å²) < 4.78 is 5.53. The van der Waals surface area contributed by atoms with Crippen LogP contribution in [0, 0.1) is 0 Å². The molecule has 0 atom stereocenters. The van der Waals surface area contributed by atoms with Gasteiger partial charge in [-0.15, -0.1) is 0 Å². The summed E-state index contributed by atoms with van der Waals surface area (Å²) in [5.74, 6) is -0.383. The summed E-state index contributed by atoms with van der Waals surface area (Å²) in [7, 11) is 0. The first-order valence-electron chi connectivity index (χ1n) is 6.40. The number of hydrogen-bond donors (Lipinski definition) is 2. The molecular formula is C14H21NO3. The Hall–Kier alpha value is -1.71. The Balaban J connectivity index is 2.35. The van der Waals surface area contributed by atoms with Crippen LogP contribution in [0.3, 0.4) is 0 Å². The second-order valence-corrected chi connectivity index (χ2v) is 4.32. The largest absolute Gasteiger partial charge is 0.494 e. The summed E-state index contributed by atoms with van der Waals surface area (Å²) in [6.07, 6.45) is 5.91. The van der Waals surface area contributed by atoms with Crippen LogP contribution in [-0.4, -0.2) is 17.7 Å². The number of rotatable bonds is 8. The van der Waals surface area contributed by atoms with Crippen LogP contribution in [0.1, 0.15) is 49.4 Å². The Morgan fingerprint density at radius 3 is 2.61 bits per heavy atom. The monoisotopic (exact) mass is 251 g/mol. The molecule has 4 nitrogen and oxygen atoms in total. The van der Waals surface area contributed by atoms with Gasteiger partial charge in [-0.05, 0) is 18.6 Å². The first kappa shape index (κ1) is 14.4. The van der Waals surface area contributed by atoms with Gasteiger partial charge in [0.2, 0.25) is 0 Å². The van der Waals surface area contributed by atoms with E-state index >= 15 is 0 Å². The van der Waals surface area contributed by atoms with Crippen molar-refractivity contribution in [2.75, 3.05) is 12.3 Å². The second kappa shape index (κ2) is 7.58. The van der Waals surface area contributed by atoms with Crippen molar-refractivity contribution in [1.29, 1.82) is 0 Å². The van der Waals surface area contributed by atoms with Crippen molar-refractivity contribution in [3.05, 3.63) is 23.8 Å². The smallest absolute Gasteiger partial charge is 0.337 e. The summed E-state index contributed by atoms with van der Waals surface area (Å²) in [4.78, 5) is 10.8. The fraction of sp³-hybridized carbons (Fsp3) is 0.500. The van der Waals surface area contributed by atoms with Crippen molar-refractivity contribution in [1.82, 2.24) is 0 Å². The number of carboxylic acid groups (broad SMARTS) is 1. The second-order valence-electron chi connectivity index (χ2n) is 4.32. The molecule has 0 heterocycles. The predicted octanol–water partition coefficient (Wildman–Crippen LogP) is 3.32. The molecule has 0 aliphatic rings. The quantitative estimate of drug-likeness (QED) is 0.549. The minimum atomic E-state index is -1.02. The minimum absolute atomic E-state index is 0.116. The van der Waals surface area contributed by atoms with Gasteiger partial charge in [0.1, 0.15) is 5.75 Å². The Morgan fingerprint density at radius 1 is 1.28 bits per heavy atom. The van der Waals surface area contributed by atoms with E-state index in [2.05, 4.69) is 6.92 Å². The molecule has 18 heavy (non-hydrogen) atoms. The van der Waals surface area contributed by atoms with Crippen LogP contribution in [0.25, 0.3) is 0 Å². The zero-order chi connectivity index (χ0) is 13.4. The van der Waals surface area contributed by atoms with Gasteiger partial charge in [-0.3, -0.25) is 0 Å². The molecule has 0 saturated carbocycles. The third kappa shape index (κ3) is 4.65. The first-order chi connectivity index (χ1) is 8.65. The van der Waals surface area contributed by atoms with Gasteiger partial charge in [0.05, 0.1) is 12.2 Å². The molecule has 0 amide bonds. The molecule has 1 rings (SSSR count). The van der Waals surface area contributed by atoms with Crippen LogP contribution >= 0.6 is 0 Å². The Bertz CT molecular complexity index is 391. The summed E-state index contributed by atoms with van der Waals surface area (Å²) in [6, 6.07) is 4.69. The average molecular weight is 251 g/mol. The van der Waals surface area contributed by atoms with E-state index in [0.717, 1.165) is 12.8 Å². The molecule has 0 aromatic heterocycles. The molecule has 0 unspecified atom stereocenters. The highest BCUT2D eigenvalue weighted by molar-refractivity contribution is 5.93. The van der Waals surface area contributed by atoms with Crippen LogP contribution in [0.15, 0.2) is 18.2 Å². The molecule has 0 aliphatic carbocycles. The van der Waals surface area contributed by atoms with Gasteiger partial charge in [-0.1, -0.05) is 32.6 Å². The van der Waals surface area contributed by atoms with Crippen molar-refractivity contribution in [2.24, 2.45) is 0 Å². The number of benzene rings is 1. The van der Waals surface area contributed by atoms with Gasteiger partial charge in [0, 0.05) is 11.8 Å². The molecule has 1 aromatic carbocycles. The molecule has 100 valence electrons. The van der Waals surface area contributed by atoms with E-state index in [1.165, 1.54) is 25.3 Å². The van der Waals surface area contributed by atoms with Crippen molar-refractivity contribution >= 4 is 11.7 Å². The van der Waals surface area contributed by atoms with Gasteiger partial charge >= 0.3 is 5.97 Å². The Kier molecular flexibility index (Phi) is 6.05. The van der Waals surface area contributed by atoms with Crippen LogP contribution in [0.4, 0.5) is 5.69 Å². The van der Waals surface area contributed by atoms with Crippen molar-refractivity contribution in [3.8, 4) is 5.75 Å². The normalized spacial score (nSPS) is 10.3. The van der Waals surface area contributed by atoms with Crippen molar-refractivity contribution in [3.63, 3.8) is 0 Å². The van der Waals surface area contributed by atoms with Crippen LogP contribution in [0.5, 0.6) is 5.75 Å². The van der Waals surface area contributed by atoms with Gasteiger partial charge in [-0.2, -0.15) is 0 Å². The maximum Gasteiger partial charge on any atom is 0.337 e. The number of aromatic carboxylic acids is 1. The summed E-state index contributed by atoms with van der Waals surface area (Å²) in [5.41, 5.74) is 5.99. The first-order valence-corrected chi connectivity index (χ1v) is 6.40. The molecular weight excluding hydrogens is 230 g/mol. The Labute approximate surface area is 108 Å². The number of unbranched alkanes of at least 4 members (excludes halogenated alkanes) is 4. The molecule has 1 aromatic rings. The number of hydrogen-bond acceptors (Lipinski definition) is 3. The SMILES string of the molecule is CCCCCCCOc1ccc(C(=O)O)c(N)c1. The molecule has 0 spiro atoms. The fourth-order valence-electron chi connectivity index (χ4n) is 1.72. The zero-order valence-electron chi connectivity index (χ0n) is 10.8. The fourth-order valence-corrected chi connectivity index (χ4v) is 1.72. The van der Waals surface area contributed by atoms with Crippen LogP contribution < -0.4 is 10.5 Å². The lowest BCUT2D eigenvalue weighted by atomic mass is 10.1. The third-order valence-electron chi connectivity index (χ3n) is 2.77. The van der Waals surface area contributed by atoms with E-state index in [1.54, 1.807) is 12.1 Å². The van der Waals surface area contributed by atoms with E-state index in [1.807, 2.05) is 0 Å². The van der Waals surface area contributed by atoms with Crippen molar-refractivity contribution < 1.29 is 14.6 Å². The Morgan fingerprint density at radius 2 is 2.00 bits per heavy atom. The highest BCUT2D eigenvalue weighted by Gasteiger charge is 2.08. The number of anilines is 1. The maximum absolute atomic E-state index is 10.8. The minimum Gasteiger partial charge on any atom is -0.494 e. The standard InChI is InChI=1S/C14H21NO3/c1-2-3-4-5-6-9-18-11-7-8-12(14(16)17)13(15)10-11/h7-8,10H,2-6,9,15H2,1H3,(H,16,17). The summed E-state index contributed by atoms with van der Waals surface area (Å²) in [6.45, 7) is 2.83. The lowest BCUT2D eigenvalue weighted by Gasteiger charge is -2.08. The maximum atomic E-state index is 10.8. The van der Waals surface area contributed by atoms with E-state index in [-0.39, 0.29) is 11.3 Å². The van der Waals surface area contributed by atoms with E-state index in [9.17, 15) is 4.79 Å². The number of nitrogens with two attached hydrogens (primary N) is 1. The third-order valence-corrected chi connectivity index (χ3v) is 2.77. The van der Waals surface area contributed by atoms with Crippen LogP contribution in [0.2, 0.25) is 0 Å². The summed E-state index contributed by atoms with van der Waals surface area (Å²) >= 11 is 0. The number of nitrogen functional groups attached to an aromatic ring is 1. The lowest BCUT2D eigenvalue weighted by Crippen LogP contribution is -2.03. The molecule has 0 aliphatic heterocycles. The van der Waals surface area contributed by atoms with E-state index in [4.69, 9.17) is 15.6 Å². The van der Waals surface area contributed by atoms with Crippen molar-refractivity contribution in [2.45, 2.75) is 39.0 Å². The molecule has 0 radical (unpaired) electrons. The molecule has 0 bridgehead atoms. The number of carboxylic acids is 1. The molecule has 3 N–H and O–H groups in total. The molecule has 0 saturated heterocycles. The zero-order valence-corrected chi connectivity index (χ0v) is 10.8. The number of ether oxygens (including phenoxy) is 1. The molecule has 0 fully saturated rings. The topological polar surface area (TPSA) is 72.5 Å². The van der Waals surface area contributed by atoms with Gasteiger partial charge < -0.3 is 15.6 Å². The van der Waals surface area contributed by atoms with Gasteiger partial charge in [-0.25, -0.2) is 4.79 Å². The highest BCUT2D eigenvalue weighted by atomic mass is 16.5. The van der Waals surface area contributed by atoms with Gasteiger partial charge in [0.25, 0.3) is 0 Å².